The first-order chi connectivity index (χ1) is 13.3. The van der Waals surface area contributed by atoms with E-state index in [1.54, 1.807) is 18.2 Å². The highest BCUT2D eigenvalue weighted by Gasteiger charge is 2.13. The van der Waals surface area contributed by atoms with Gasteiger partial charge in [0.25, 0.3) is 0 Å². The van der Waals surface area contributed by atoms with Gasteiger partial charge in [-0.15, -0.1) is 0 Å². The summed E-state index contributed by atoms with van der Waals surface area (Å²) in [6, 6.07) is 9.71. The van der Waals surface area contributed by atoms with Crippen LogP contribution >= 0.6 is 23.2 Å². The quantitative estimate of drug-likeness (QED) is 0.480. The summed E-state index contributed by atoms with van der Waals surface area (Å²) >= 11 is 12.7. The van der Waals surface area contributed by atoms with Crippen molar-refractivity contribution < 1.29 is 4.74 Å². The number of aromatic nitrogens is 2. The van der Waals surface area contributed by atoms with Crippen LogP contribution < -0.4 is 4.74 Å². The fraction of sp³-hybridized carbons (Fsp3) is 0.273. The van der Waals surface area contributed by atoms with Gasteiger partial charge in [-0.3, -0.25) is 0 Å². The minimum Gasteiger partial charge on any atom is -0.490 e. The molecule has 0 saturated heterocycles. The number of nitrogens with zero attached hydrogens (tertiary/aromatic N) is 2. The Bertz CT molecular complexity index is 1040. The first-order valence-corrected chi connectivity index (χ1v) is 9.75. The molecule has 0 unspecified atom stereocenters. The number of aromatic amines is 1. The SMILES string of the molecule is Cc1cc2nc(/C(C#N)=C\c3cc(Cl)c(OCC(C)C)c(Cl)c3)[nH]c2cc1C. The highest BCUT2D eigenvalue weighted by Crippen LogP contribution is 2.35. The van der Waals surface area contributed by atoms with Crippen LogP contribution in [-0.2, 0) is 0 Å². The highest BCUT2D eigenvalue weighted by atomic mass is 35.5. The van der Waals surface area contributed by atoms with Gasteiger partial charge in [0.2, 0.25) is 0 Å². The topological polar surface area (TPSA) is 61.7 Å². The van der Waals surface area contributed by atoms with E-state index >= 15 is 0 Å². The van der Waals surface area contributed by atoms with E-state index in [9.17, 15) is 5.26 Å². The molecule has 0 aliphatic heterocycles. The third kappa shape index (κ3) is 4.32. The van der Waals surface area contributed by atoms with E-state index in [0.29, 0.717) is 45.3 Å². The standard InChI is InChI=1S/C22H21Cl2N3O/c1-12(2)11-28-21-17(23)8-15(9-18(21)24)7-16(10-25)22-26-19-5-13(3)14(4)6-20(19)27-22/h5-9,12H,11H2,1-4H3,(H,26,27)/b16-7-. The molecule has 0 spiro atoms. The number of ether oxygens (including phenoxy) is 1. The lowest BCUT2D eigenvalue weighted by Crippen LogP contribution is -2.05. The van der Waals surface area contributed by atoms with Crippen molar-refractivity contribution in [3.8, 4) is 11.8 Å². The van der Waals surface area contributed by atoms with Crippen molar-refractivity contribution in [1.29, 1.82) is 5.26 Å². The first kappa shape index (κ1) is 20.3. The molecule has 0 atom stereocenters. The second-order valence-corrected chi connectivity index (χ2v) is 8.04. The molecule has 0 aliphatic carbocycles. The number of nitriles is 1. The van der Waals surface area contributed by atoms with Crippen LogP contribution in [-0.4, -0.2) is 16.6 Å². The number of allylic oxidation sites excluding steroid dienone is 1. The molecule has 3 aromatic rings. The molecule has 0 saturated carbocycles. The van der Waals surface area contributed by atoms with Crippen LogP contribution in [0.3, 0.4) is 0 Å². The number of nitrogens with one attached hydrogen (secondary N) is 1. The normalized spacial score (nSPS) is 11.9. The van der Waals surface area contributed by atoms with E-state index in [1.807, 2.05) is 26.0 Å². The summed E-state index contributed by atoms with van der Waals surface area (Å²) in [5.41, 5.74) is 5.15. The molecule has 6 heteroatoms. The number of benzene rings is 2. The van der Waals surface area contributed by atoms with Crippen molar-refractivity contribution in [3.63, 3.8) is 0 Å². The van der Waals surface area contributed by atoms with Gasteiger partial charge in [-0.2, -0.15) is 5.26 Å². The van der Waals surface area contributed by atoms with Gasteiger partial charge in [-0.1, -0.05) is 37.0 Å². The molecule has 28 heavy (non-hydrogen) atoms. The number of hydrogen-bond donors (Lipinski definition) is 1. The molecule has 0 radical (unpaired) electrons. The molecule has 0 amide bonds. The van der Waals surface area contributed by atoms with Crippen LogP contribution in [0.15, 0.2) is 24.3 Å². The first-order valence-electron chi connectivity index (χ1n) is 8.99. The van der Waals surface area contributed by atoms with Crippen LogP contribution in [0, 0.1) is 31.1 Å². The Hall–Kier alpha value is -2.48. The molecule has 1 aromatic heterocycles. The largest absolute Gasteiger partial charge is 0.490 e. The van der Waals surface area contributed by atoms with Crippen LogP contribution in [0.25, 0.3) is 22.7 Å². The highest BCUT2D eigenvalue weighted by molar-refractivity contribution is 6.37. The zero-order valence-electron chi connectivity index (χ0n) is 16.2. The van der Waals surface area contributed by atoms with E-state index in [1.165, 1.54) is 5.56 Å². The van der Waals surface area contributed by atoms with Crippen molar-refractivity contribution in [2.24, 2.45) is 5.92 Å². The summed E-state index contributed by atoms with van der Waals surface area (Å²) in [4.78, 5) is 7.77. The molecule has 2 aromatic carbocycles. The number of imidazole rings is 1. The molecule has 0 fully saturated rings. The van der Waals surface area contributed by atoms with Crippen LogP contribution in [0.2, 0.25) is 10.0 Å². The van der Waals surface area contributed by atoms with Gasteiger partial charge in [0, 0.05) is 0 Å². The maximum Gasteiger partial charge on any atom is 0.156 e. The summed E-state index contributed by atoms with van der Waals surface area (Å²) < 4.78 is 5.69. The van der Waals surface area contributed by atoms with E-state index in [-0.39, 0.29) is 0 Å². The van der Waals surface area contributed by atoms with Crippen molar-refractivity contribution in [1.82, 2.24) is 9.97 Å². The molecule has 1 heterocycles. The molecule has 0 aliphatic rings. The average Bonchev–Trinajstić information content (AvgIpc) is 3.01. The van der Waals surface area contributed by atoms with Gasteiger partial charge in [-0.05, 0) is 66.8 Å². The Morgan fingerprint density at radius 2 is 1.82 bits per heavy atom. The lowest BCUT2D eigenvalue weighted by Gasteiger charge is -2.12. The molecule has 4 nitrogen and oxygen atoms in total. The Morgan fingerprint density at radius 1 is 1.18 bits per heavy atom. The predicted molar refractivity (Wildman–Crippen MR) is 116 cm³/mol. The van der Waals surface area contributed by atoms with Crippen molar-refractivity contribution >= 4 is 45.9 Å². The minimum absolute atomic E-state index is 0.359. The molecule has 144 valence electrons. The Morgan fingerprint density at radius 3 is 2.43 bits per heavy atom. The maximum absolute atomic E-state index is 9.64. The van der Waals surface area contributed by atoms with Gasteiger partial charge >= 0.3 is 0 Å². The third-order valence-electron chi connectivity index (χ3n) is 4.37. The van der Waals surface area contributed by atoms with Crippen molar-refractivity contribution in [2.45, 2.75) is 27.7 Å². The van der Waals surface area contributed by atoms with Gasteiger partial charge < -0.3 is 9.72 Å². The van der Waals surface area contributed by atoms with Crippen molar-refractivity contribution in [2.75, 3.05) is 6.61 Å². The Labute approximate surface area is 174 Å². The summed E-state index contributed by atoms with van der Waals surface area (Å²) in [6.07, 6.45) is 1.71. The zero-order valence-corrected chi connectivity index (χ0v) is 17.7. The number of rotatable bonds is 5. The van der Waals surface area contributed by atoms with Crippen molar-refractivity contribution in [3.05, 3.63) is 56.8 Å². The van der Waals surface area contributed by atoms with Gasteiger partial charge in [-0.25, -0.2) is 4.98 Å². The Kier molecular flexibility index (Phi) is 5.98. The minimum atomic E-state index is 0.359. The fourth-order valence-corrected chi connectivity index (χ4v) is 3.38. The summed E-state index contributed by atoms with van der Waals surface area (Å²) in [7, 11) is 0. The van der Waals surface area contributed by atoms with E-state index in [4.69, 9.17) is 27.9 Å². The molecule has 0 bridgehead atoms. The zero-order chi connectivity index (χ0) is 20.4. The lowest BCUT2D eigenvalue weighted by atomic mass is 10.1. The van der Waals surface area contributed by atoms with Gasteiger partial charge in [0.15, 0.2) is 5.75 Å². The smallest absolute Gasteiger partial charge is 0.156 e. The lowest BCUT2D eigenvalue weighted by molar-refractivity contribution is 0.271. The molecular weight excluding hydrogens is 393 g/mol. The number of aryl methyl sites for hydroxylation is 2. The summed E-state index contributed by atoms with van der Waals surface area (Å²) in [6.45, 7) is 8.71. The number of hydrogen-bond acceptors (Lipinski definition) is 3. The number of fused-ring (bicyclic) bond motifs is 1. The second kappa shape index (κ2) is 8.26. The molecular formula is C22H21Cl2N3O. The molecule has 3 rings (SSSR count). The predicted octanol–water partition coefficient (Wildman–Crippen LogP) is 6.59. The van der Waals surface area contributed by atoms with E-state index < -0.39 is 0 Å². The average molecular weight is 414 g/mol. The number of halogens is 2. The van der Waals surface area contributed by atoms with Crippen LogP contribution in [0.1, 0.15) is 36.4 Å². The molecule has 1 N–H and O–H groups in total. The second-order valence-electron chi connectivity index (χ2n) is 7.23. The van der Waals surface area contributed by atoms with Crippen LogP contribution in [0.5, 0.6) is 5.75 Å². The van der Waals surface area contributed by atoms with E-state index in [0.717, 1.165) is 16.6 Å². The third-order valence-corrected chi connectivity index (χ3v) is 4.93. The van der Waals surface area contributed by atoms with Gasteiger partial charge in [0.05, 0.1) is 33.3 Å². The summed E-state index contributed by atoms with van der Waals surface area (Å²) in [5, 5.41) is 10.5. The van der Waals surface area contributed by atoms with Crippen LogP contribution in [0.4, 0.5) is 0 Å². The summed E-state index contributed by atoms with van der Waals surface area (Å²) in [5.74, 6) is 1.33. The Balaban J connectivity index is 1.98. The van der Waals surface area contributed by atoms with Gasteiger partial charge in [0.1, 0.15) is 11.9 Å². The monoisotopic (exact) mass is 413 g/mol. The fourth-order valence-electron chi connectivity index (χ4n) is 2.77. The number of H-pyrrole nitrogens is 1. The van der Waals surface area contributed by atoms with E-state index in [2.05, 4.69) is 29.9 Å². The maximum atomic E-state index is 9.64.